The molecule has 0 fully saturated rings. The van der Waals surface area contributed by atoms with Crippen LogP contribution in [0.3, 0.4) is 0 Å². The van der Waals surface area contributed by atoms with Gasteiger partial charge >= 0.3 is 0 Å². The molecular formula is C18H15F2N3O. The summed E-state index contributed by atoms with van der Waals surface area (Å²) in [6.07, 6.45) is 2.36. The minimum absolute atomic E-state index is 0.0395. The summed E-state index contributed by atoms with van der Waals surface area (Å²) >= 11 is 0. The van der Waals surface area contributed by atoms with Crippen molar-refractivity contribution in [1.82, 2.24) is 15.1 Å². The normalized spacial score (nSPS) is 10.6. The fourth-order valence-corrected chi connectivity index (χ4v) is 2.31. The van der Waals surface area contributed by atoms with Gasteiger partial charge in [0.15, 0.2) is 0 Å². The molecule has 4 nitrogen and oxygen atoms in total. The van der Waals surface area contributed by atoms with E-state index in [1.807, 2.05) is 42.6 Å². The molecule has 0 aliphatic carbocycles. The molecule has 0 bridgehead atoms. The predicted molar refractivity (Wildman–Crippen MR) is 86.0 cm³/mol. The van der Waals surface area contributed by atoms with E-state index < -0.39 is 17.5 Å². The molecule has 0 saturated carbocycles. The van der Waals surface area contributed by atoms with Gasteiger partial charge in [-0.3, -0.25) is 4.79 Å². The molecule has 24 heavy (non-hydrogen) atoms. The van der Waals surface area contributed by atoms with Gasteiger partial charge in [0.2, 0.25) is 0 Å². The first-order valence-electron chi connectivity index (χ1n) is 7.46. The molecular weight excluding hydrogens is 312 g/mol. The molecule has 0 aliphatic heterocycles. The number of para-hydroxylation sites is 1. The molecule has 0 radical (unpaired) electrons. The van der Waals surface area contributed by atoms with Crippen molar-refractivity contribution in [1.29, 1.82) is 0 Å². The lowest BCUT2D eigenvalue weighted by Crippen LogP contribution is -2.26. The summed E-state index contributed by atoms with van der Waals surface area (Å²) in [5.74, 6) is -2.07. The molecule has 3 aromatic rings. The maximum Gasteiger partial charge on any atom is 0.251 e. The molecule has 2 aromatic carbocycles. The highest BCUT2D eigenvalue weighted by Gasteiger charge is 2.09. The lowest BCUT2D eigenvalue weighted by Gasteiger charge is -2.05. The second kappa shape index (κ2) is 7.04. The van der Waals surface area contributed by atoms with Crippen LogP contribution in [0.15, 0.2) is 60.8 Å². The second-order valence-corrected chi connectivity index (χ2v) is 5.25. The van der Waals surface area contributed by atoms with Gasteiger partial charge in [0.1, 0.15) is 11.6 Å². The highest BCUT2D eigenvalue weighted by Crippen LogP contribution is 2.09. The number of amides is 1. The summed E-state index contributed by atoms with van der Waals surface area (Å²) in [7, 11) is 0. The van der Waals surface area contributed by atoms with E-state index >= 15 is 0 Å². The van der Waals surface area contributed by atoms with Gasteiger partial charge < -0.3 is 5.32 Å². The van der Waals surface area contributed by atoms with Crippen molar-refractivity contribution in [2.75, 3.05) is 6.54 Å². The molecule has 1 heterocycles. The zero-order valence-electron chi connectivity index (χ0n) is 12.7. The number of carbonyl (C=O) groups excluding carboxylic acids is 1. The minimum Gasteiger partial charge on any atom is -0.352 e. The van der Waals surface area contributed by atoms with Crippen LogP contribution in [0.1, 0.15) is 16.1 Å². The Kier molecular flexibility index (Phi) is 4.65. The number of aromatic nitrogens is 2. The fraction of sp³-hybridized carbons (Fsp3) is 0.111. The van der Waals surface area contributed by atoms with Crippen molar-refractivity contribution in [3.63, 3.8) is 0 Å². The smallest absolute Gasteiger partial charge is 0.251 e. The Hall–Kier alpha value is -3.02. The summed E-state index contributed by atoms with van der Waals surface area (Å²) in [6, 6.07) is 14.3. The Morgan fingerprint density at radius 1 is 1.04 bits per heavy atom. The monoisotopic (exact) mass is 327 g/mol. The first-order chi connectivity index (χ1) is 11.6. The number of nitrogens with zero attached hydrogens (tertiary/aromatic N) is 2. The first-order valence-corrected chi connectivity index (χ1v) is 7.46. The van der Waals surface area contributed by atoms with Crippen LogP contribution in [-0.4, -0.2) is 22.2 Å². The topological polar surface area (TPSA) is 46.9 Å². The number of hydrogen-bond acceptors (Lipinski definition) is 2. The molecule has 1 amide bonds. The number of halogens is 2. The van der Waals surface area contributed by atoms with Gasteiger partial charge in [0, 0.05) is 30.8 Å². The van der Waals surface area contributed by atoms with Crippen molar-refractivity contribution >= 4 is 5.91 Å². The van der Waals surface area contributed by atoms with Gasteiger partial charge in [0.25, 0.3) is 5.91 Å². The Morgan fingerprint density at radius 3 is 2.46 bits per heavy atom. The molecule has 0 saturated heterocycles. The van der Waals surface area contributed by atoms with Crippen LogP contribution in [0.5, 0.6) is 0 Å². The number of nitrogens with one attached hydrogen (secondary N) is 1. The predicted octanol–water partition coefficient (Wildman–Crippen LogP) is 3.12. The van der Waals surface area contributed by atoms with Crippen molar-refractivity contribution < 1.29 is 13.6 Å². The van der Waals surface area contributed by atoms with Gasteiger partial charge in [-0.1, -0.05) is 18.2 Å². The standard InChI is InChI=1S/C18H15F2N3O/c19-14-10-13(11-15(20)12-14)18(24)21-8-6-16-7-9-23(22-16)17-4-2-1-3-5-17/h1-5,7,9-12H,6,8H2,(H,21,24). The highest BCUT2D eigenvalue weighted by molar-refractivity contribution is 5.94. The number of rotatable bonds is 5. The average Bonchev–Trinajstić information content (AvgIpc) is 3.03. The van der Waals surface area contributed by atoms with E-state index in [-0.39, 0.29) is 5.56 Å². The van der Waals surface area contributed by atoms with Crippen LogP contribution in [0.2, 0.25) is 0 Å². The van der Waals surface area contributed by atoms with E-state index in [2.05, 4.69) is 10.4 Å². The van der Waals surface area contributed by atoms with Crippen LogP contribution < -0.4 is 5.32 Å². The van der Waals surface area contributed by atoms with Crippen molar-refractivity contribution in [2.24, 2.45) is 0 Å². The quantitative estimate of drug-likeness (QED) is 0.783. The number of benzene rings is 2. The van der Waals surface area contributed by atoms with Crippen LogP contribution in [0.4, 0.5) is 8.78 Å². The zero-order valence-corrected chi connectivity index (χ0v) is 12.7. The fourth-order valence-electron chi connectivity index (χ4n) is 2.31. The molecule has 0 spiro atoms. The molecule has 6 heteroatoms. The van der Waals surface area contributed by atoms with E-state index in [1.165, 1.54) is 0 Å². The maximum atomic E-state index is 13.1. The third-order valence-corrected chi connectivity index (χ3v) is 3.46. The molecule has 0 atom stereocenters. The van der Waals surface area contributed by atoms with Gasteiger partial charge in [-0.15, -0.1) is 0 Å². The summed E-state index contributed by atoms with van der Waals surface area (Å²) in [5, 5.41) is 7.05. The molecule has 1 N–H and O–H groups in total. The zero-order chi connectivity index (χ0) is 16.9. The SMILES string of the molecule is O=C(NCCc1ccn(-c2ccccc2)n1)c1cc(F)cc(F)c1. The maximum absolute atomic E-state index is 13.1. The van der Waals surface area contributed by atoms with Gasteiger partial charge in [-0.25, -0.2) is 13.5 Å². The summed E-state index contributed by atoms with van der Waals surface area (Å²) < 4.78 is 28.0. The Balaban J connectivity index is 1.57. The van der Waals surface area contributed by atoms with Crippen LogP contribution >= 0.6 is 0 Å². The van der Waals surface area contributed by atoms with E-state index in [0.717, 1.165) is 29.6 Å². The van der Waals surface area contributed by atoms with Gasteiger partial charge in [0.05, 0.1) is 11.4 Å². The largest absolute Gasteiger partial charge is 0.352 e. The Morgan fingerprint density at radius 2 is 1.75 bits per heavy atom. The molecule has 1 aromatic heterocycles. The second-order valence-electron chi connectivity index (χ2n) is 5.25. The van der Waals surface area contributed by atoms with E-state index in [1.54, 1.807) is 4.68 Å². The molecule has 0 unspecified atom stereocenters. The summed E-state index contributed by atoms with van der Waals surface area (Å²) in [5.41, 5.74) is 1.72. The summed E-state index contributed by atoms with van der Waals surface area (Å²) in [4.78, 5) is 11.9. The minimum atomic E-state index is -0.776. The third-order valence-electron chi connectivity index (χ3n) is 3.46. The van der Waals surface area contributed by atoms with Crippen molar-refractivity contribution in [2.45, 2.75) is 6.42 Å². The van der Waals surface area contributed by atoms with E-state index in [4.69, 9.17) is 0 Å². The van der Waals surface area contributed by atoms with Gasteiger partial charge in [-0.05, 0) is 30.3 Å². The van der Waals surface area contributed by atoms with Crippen molar-refractivity contribution in [3.8, 4) is 5.69 Å². The Bertz CT molecular complexity index is 826. The lowest BCUT2D eigenvalue weighted by molar-refractivity contribution is 0.0953. The molecule has 0 aliphatic rings. The summed E-state index contributed by atoms with van der Waals surface area (Å²) in [6.45, 7) is 0.322. The lowest BCUT2D eigenvalue weighted by atomic mass is 10.2. The van der Waals surface area contributed by atoms with E-state index in [0.29, 0.717) is 13.0 Å². The van der Waals surface area contributed by atoms with E-state index in [9.17, 15) is 13.6 Å². The third kappa shape index (κ3) is 3.84. The Labute approximate surface area is 137 Å². The van der Waals surface area contributed by atoms with Crippen LogP contribution in [0, 0.1) is 11.6 Å². The van der Waals surface area contributed by atoms with Crippen LogP contribution in [-0.2, 0) is 6.42 Å². The van der Waals surface area contributed by atoms with Crippen LogP contribution in [0.25, 0.3) is 5.69 Å². The first kappa shape index (κ1) is 15.9. The average molecular weight is 327 g/mol. The molecule has 122 valence electrons. The molecule has 3 rings (SSSR count). The highest BCUT2D eigenvalue weighted by atomic mass is 19.1. The number of hydrogen-bond donors (Lipinski definition) is 1. The van der Waals surface area contributed by atoms with Gasteiger partial charge in [-0.2, -0.15) is 5.10 Å². The van der Waals surface area contributed by atoms with Crippen molar-refractivity contribution in [3.05, 3.63) is 83.7 Å². The number of carbonyl (C=O) groups is 1.